The molecular formula is C30H65MgNaO6S. The molecule has 0 heterocycles. The Hall–Kier alpha value is 1.11. The van der Waals surface area contributed by atoms with E-state index in [-0.39, 0.29) is 59.2 Å². The standard InChI is InChI=1S/C18H36O2.C12H26O4S.Mg.Na.3H/c1-2-3-4-5-6-7-8-9-10-11-12-13-14-15-16-17-18(19)20;1-2-3-4-5-6-7-8-9-10-11-12-16-17(13,14)15;;;;;/h2-17H2,1H3,(H,19,20);2-12H2,1H3,(H,13,14,15);;;;;. The van der Waals surface area contributed by atoms with Crippen LogP contribution in [0.25, 0.3) is 0 Å². The molecule has 9 heteroatoms. The molecule has 0 aliphatic heterocycles. The van der Waals surface area contributed by atoms with E-state index in [9.17, 15) is 13.2 Å². The van der Waals surface area contributed by atoms with E-state index < -0.39 is 16.4 Å². The fourth-order valence-electron chi connectivity index (χ4n) is 4.40. The average Bonchev–Trinajstić information content (AvgIpc) is 2.84. The molecule has 0 spiro atoms. The van der Waals surface area contributed by atoms with Gasteiger partial charge in [0.2, 0.25) is 0 Å². The van der Waals surface area contributed by atoms with Gasteiger partial charge in [0.1, 0.15) is 0 Å². The van der Waals surface area contributed by atoms with Crippen LogP contribution in [-0.2, 0) is 19.4 Å². The molecule has 0 radical (unpaired) electrons. The van der Waals surface area contributed by atoms with Crippen molar-refractivity contribution >= 4 is 69.0 Å². The summed E-state index contributed by atoms with van der Waals surface area (Å²) in [6.45, 7) is 4.58. The molecule has 0 atom stereocenters. The molecule has 0 fully saturated rings. The third-order valence-corrected chi connectivity index (χ3v) is 7.19. The van der Waals surface area contributed by atoms with Gasteiger partial charge in [0.05, 0.1) is 6.61 Å². The molecule has 0 aromatic rings. The molecule has 0 unspecified atom stereocenters. The minimum atomic E-state index is -4.23. The van der Waals surface area contributed by atoms with Crippen molar-refractivity contribution in [3.05, 3.63) is 0 Å². The molecule has 2 N–H and O–H groups in total. The molecular weight excluding hydrogens is 536 g/mol. The zero-order chi connectivity index (χ0) is 27.9. The van der Waals surface area contributed by atoms with E-state index in [1.54, 1.807) is 0 Å². The summed E-state index contributed by atoms with van der Waals surface area (Å²) >= 11 is 0. The summed E-state index contributed by atoms with van der Waals surface area (Å²) in [6, 6.07) is 0. The second-order valence-corrected chi connectivity index (χ2v) is 11.6. The van der Waals surface area contributed by atoms with Crippen molar-refractivity contribution in [2.45, 2.75) is 181 Å². The van der Waals surface area contributed by atoms with Crippen LogP contribution in [0.2, 0.25) is 0 Å². The van der Waals surface area contributed by atoms with Crippen LogP contribution in [-0.4, -0.2) is 83.3 Å². The van der Waals surface area contributed by atoms with Gasteiger partial charge in [-0.05, 0) is 12.8 Å². The zero-order valence-electron chi connectivity index (χ0n) is 24.5. The summed E-state index contributed by atoms with van der Waals surface area (Å²) in [5.41, 5.74) is 0. The Kier molecular flexibility index (Phi) is 47.2. The number of carboxylic acids is 1. The molecule has 39 heavy (non-hydrogen) atoms. The first-order chi connectivity index (χ1) is 17.8. The molecule has 0 aromatic carbocycles. The molecule has 230 valence electrons. The summed E-state index contributed by atoms with van der Waals surface area (Å²) in [6.07, 6.45) is 32.1. The van der Waals surface area contributed by atoms with Gasteiger partial charge in [-0.25, -0.2) is 4.18 Å². The van der Waals surface area contributed by atoms with E-state index in [0.717, 1.165) is 25.7 Å². The number of rotatable bonds is 28. The predicted octanol–water partition coefficient (Wildman–Crippen LogP) is 8.49. The van der Waals surface area contributed by atoms with Crippen LogP contribution >= 0.6 is 0 Å². The fraction of sp³-hybridized carbons (Fsp3) is 0.967. The van der Waals surface area contributed by atoms with Crippen LogP contribution in [0.15, 0.2) is 0 Å². The zero-order valence-corrected chi connectivity index (χ0v) is 25.3. The van der Waals surface area contributed by atoms with Gasteiger partial charge in [0.15, 0.2) is 0 Å². The first-order valence-electron chi connectivity index (χ1n) is 15.7. The van der Waals surface area contributed by atoms with Gasteiger partial charge in [-0.15, -0.1) is 0 Å². The SMILES string of the molecule is CCCCCCCCCCCCCCCCCC(=O)O.CCCCCCCCCCCCOS(=O)(=O)O.[MgH2].[NaH]. The van der Waals surface area contributed by atoms with Gasteiger partial charge < -0.3 is 5.11 Å². The van der Waals surface area contributed by atoms with E-state index in [0.29, 0.717) is 12.8 Å². The summed E-state index contributed by atoms with van der Waals surface area (Å²) in [5.74, 6) is -0.653. The van der Waals surface area contributed by atoms with Crippen molar-refractivity contribution in [2.24, 2.45) is 0 Å². The van der Waals surface area contributed by atoms with Crippen LogP contribution < -0.4 is 0 Å². The van der Waals surface area contributed by atoms with Crippen molar-refractivity contribution in [3.63, 3.8) is 0 Å². The normalized spacial score (nSPS) is 10.7. The summed E-state index contributed by atoms with van der Waals surface area (Å²) < 4.78 is 33.0. The second kappa shape index (κ2) is 39.1. The van der Waals surface area contributed by atoms with Gasteiger partial charge in [0.25, 0.3) is 0 Å². The van der Waals surface area contributed by atoms with Crippen LogP contribution in [0.3, 0.4) is 0 Å². The summed E-state index contributed by atoms with van der Waals surface area (Å²) in [5, 5.41) is 8.52. The van der Waals surface area contributed by atoms with E-state index in [2.05, 4.69) is 18.0 Å². The molecule has 0 aliphatic rings. The van der Waals surface area contributed by atoms with Crippen LogP contribution in [0.4, 0.5) is 0 Å². The van der Waals surface area contributed by atoms with Gasteiger partial charge >= 0.3 is 69.0 Å². The van der Waals surface area contributed by atoms with E-state index in [1.165, 1.54) is 128 Å². The van der Waals surface area contributed by atoms with Gasteiger partial charge in [-0.3, -0.25) is 9.35 Å². The van der Waals surface area contributed by atoms with Gasteiger partial charge in [-0.2, -0.15) is 8.42 Å². The van der Waals surface area contributed by atoms with Crippen molar-refractivity contribution in [2.75, 3.05) is 6.61 Å². The molecule has 0 aromatic heterocycles. The van der Waals surface area contributed by atoms with Crippen molar-refractivity contribution < 1.29 is 27.1 Å². The Morgan fingerprint density at radius 1 is 0.538 bits per heavy atom. The molecule has 0 amide bonds. The van der Waals surface area contributed by atoms with Crippen molar-refractivity contribution in [1.82, 2.24) is 0 Å². The van der Waals surface area contributed by atoms with Gasteiger partial charge in [-0.1, -0.05) is 162 Å². The molecule has 0 bridgehead atoms. The minimum absolute atomic E-state index is 0. The van der Waals surface area contributed by atoms with E-state index in [1.807, 2.05) is 0 Å². The molecule has 0 aliphatic carbocycles. The Morgan fingerprint density at radius 3 is 1.05 bits per heavy atom. The molecule has 0 saturated carbocycles. The van der Waals surface area contributed by atoms with Crippen LogP contribution in [0.5, 0.6) is 0 Å². The van der Waals surface area contributed by atoms with Crippen molar-refractivity contribution in [3.8, 4) is 0 Å². The second-order valence-electron chi connectivity index (χ2n) is 10.5. The van der Waals surface area contributed by atoms with E-state index in [4.69, 9.17) is 9.66 Å². The van der Waals surface area contributed by atoms with Crippen LogP contribution in [0, 0.1) is 0 Å². The summed E-state index contributed by atoms with van der Waals surface area (Å²) in [4.78, 5) is 10.3. The maximum absolute atomic E-state index is 10.3. The molecule has 0 saturated heterocycles. The number of carbonyl (C=O) groups is 1. The Morgan fingerprint density at radius 2 is 0.795 bits per heavy atom. The Bertz CT molecular complexity index is 564. The van der Waals surface area contributed by atoms with Crippen molar-refractivity contribution in [1.29, 1.82) is 0 Å². The van der Waals surface area contributed by atoms with Gasteiger partial charge in [0, 0.05) is 6.42 Å². The maximum atomic E-state index is 10.3. The first kappa shape index (κ1) is 47.0. The Balaban J connectivity index is -0.000000302. The number of carboxylic acid groups (broad SMARTS) is 1. The first-order valence-corrected chi connectivity index (χ1v) is 17.0. The fourth-order valence-corrected chi connectivity index (χ4v) is 4.73. The third-order valence-electron chi connectivity index (χ3n) is 6.72. The van der Waals surface area contributed by atoms with E-state index >= 15 is 0 Å². The molecule has 0 rings (SSSR count). The monoisotopic (exact) mass is 600 g/mol. The molecule has 6 nitrogen and oxygen atoms in total. The predicted molar refractivity (Wildman–Crippen MR) is 172 cm³/mol. The summed E-state index contributed by atoms with van der Waals surface area (Å²) in [7, 11) is -4.23. The third kappa shape index (κ3) is 52.2. The number of aliphatic carboxylic acids is 1. The average molecular weight is 601 g/mol. The topological polar surface area (TPSA) is 101 Å². The van der Waals surface area contributed by atoms with Crippen LogP contribution in [0.1, 0.15) is 181 Å². The Labute approximate surface area is 281 Å². The number of hydrogen-bond donors (Lipinski definition) is 2. The number of hydrogen-bond acceptors (Lipinski definition) is 4. The number of unbranched alkanes of at least 4 members (excludes halogenated alkanes) is 23. The quantitative estimate of drug-likeness (QED) is 0.0530.